The lowest BCUT2D eigenvalue weighted by Crippen LogP contribution is -2.05. The maximum Gasteiger partial charge on any atom is 0.266 e. The predicted molar refractivity (Wildman–Crippen MR) is 50.3 cm³/mol. The van der Waals surface area contributed by atoms with Gasteiger partial charge in [-0.1, -0.05) is 12.1 Å². The van der Waals surface area contributed by atoms with E-state index < -0.39 is 0 Å². The van der Waals surface area contributed by atoms with Crippen molar-refractivity contribution in [2.24, 2.45) is 0 Å². The van der Waals surface area contributed by atoms with Crippen LogP contribution in [0.1, 0.15) is 0 Å². The number of aromatic nitrogens is 2. The van der Waals surface area contributed by atoms with Crippen molar-refractivity contribution in [1.82, 2.24) is 9.97 Å². The molecule has 0 amide bonds. The first-order chi connectivity index (χ1) is 6.75. The zero-order valence-electron chi connectivity index (χ0n) is 7.20. The molecule has 2 aromatic rings. The van der Waals surface area contributed by atoms with E-state index in [9.17, 15) is 9.18 Å². The second-order valence-corrected chi connectivity index (χ2v) is 2.82. The van der Waals surface area contributed by atoms with Gasteiger partial charge in [0.05, 0.1) is 18.1 Å². The molecule has 0 bridgehead atoms. The van der Waals surface area contributed by atoms with Gasteiger partial charge in [0.15, 0.2) is 0 Å². The van der Waals surface area contributed by atoms with E-state index in [0.29, 0.717) is 11.3 Å². The minimum absolute atomic E-state index is 0.299. The average molecular weight is 190 g/mol. The van der Waals surface area contributed by atoms with Crippen LogP contribution < -0.4 is 5.56 Å². The summed E-state index contributed by atoms with van der Waals surface area (Å²) in [5.41, 5.74) is 0.818. The third kappa shape index (κ3) is 1.69. The Balaban J connectivity index is 2.55. The molecular weight excluding hydrogens is 183 g/mol. The molecule has 1 heterocycles. The third-order valence-electron chi connectivity index (χ3n) is 1.79. The van der Waals surface area contributed by atoms with E-state index in [1.807, 2.05) is 0 Å². The lowest BCUT2D eigenvalue weighted by Gasteiger charge is -1.99. The van der Waals surface area contributed by atoms with Crippen LogP contribution in [0.5, 0.6) is 0 Å². The minimum Gasteiger partial charge on any atom is -0.319 e. The van der Waals surface area contributed by atoms with E-state index in [2.05, 4.69) is 9.97 Å². The molecule has 2 rings (SSSR count). The standard InChI is InChI=1S/C10H7FN2O/c11-8-3-1-2-7(4-8)9-5-12-6-10(14)13-9/h1-6H,(H,13,14). The Morgan fingerprint density at radius 1 is 1.29 bits per heavy atom. The van der Waals surface area contributed by atoms with E-state index >= 15 is 0 Å². The summed E-state index contributed by atoms with van der Waals surface area (Å²) in [6.07, 6.45) is 2.65. The van der Waals surface area contributed by atoms with E-state index in [4.69, 9.17) is 0 Å². The molecule has 0 radical (unpaired) electrons. The number of nitrogens with one attached hydrogen (secondary N) is 1. The van der Waals surface area contributed by atoms with E-state index in [-0.39, 0.29) is 11.4 Å². The van der Waals surface area contributed by atoms with Crippen molar-refractivity contribution >= 4 is 0 Å². The summed E-state index contributed by atoms with van der Waals surface area (Å²) >= 11 is 0. The quantitative estimate of drug-likeness (QED) is 0.741. The van der Waals surface area contributed by atoms with Gasteiger partial charge in [-0.2, -0.15) is 0 Å². The van der Waals surface area contributed by atoms with Crippen molar-refractivity contribution < 1.29 is 4.39 Å². The number of H-pyrrole nitrogens is 1. The number of benzene rings is 1. The lowest BCUT2D eigenvalue weighted by molar-refractivity contribution is 0.628. The van der Waals surface area contributed by atoms with Gasteiger partial charge < -0.3 is 4.98 Å². The summed E-state index contributed by atoms with van der Waals surface area (Å²) in [7, 11) is 0. The summed E-state index contributed by atoms with van der Waals surface area (Å²) in [6.45, 7) is 0. The zero-order valence-corrected chi connectivity index (χ0v) is 7.20. The van der Waals surface area contributed by atoms with Crippen LogP contribution in [-0.2, 0) is 0 Å². The van der Waals surface area contributed by atoms with Crippen LogP contribution in [0, 0.1) is 5.82 Å². The van der Waals surface area contributed by atoms with Crippen molar-refractivity contribution in [3.63, 3.8) is 0 Å². The molecule has 1 N–H and O–H groups in total. The number of aromatic amines is 1. The highest BCUT2D eigenvalue weighted by Gasteiger charge is 1.99. The number of halogens is 1. The molecule has 0 aliphatic carbocycles. The molecule has 0 aliphatic heterocycles. The Labute approximate surface area is 79.3 Å². The molecule has 1 aromatic heterocycles. The fourth-order valence-electron chi connectivity index (χ4n) is 1.18. The molecule has 0 atom stereocenters. The summed E-state index contributed by atoms with van der Waals surface area (Å²) in [5, 5.41) is 0. The molecule has 4 heteroatoms. The Hall–Kier alpha value is -1.97. The summed E-state index contributed by atoms with van der Waals surface area (Å²) in [6, 6.07) is 5.97. The van der Waals surface area contributed by atoms with Crippen molar-refractivity contribution in [2.45, 2.75) is 0 Å². The van der Waals surface area contributed by atoms with Crippen LogP contribution >= 0.6 is 0 Å². The fraction of sp³-hybridized carbons (Fsp3) is 0. The Kier molecular flexibility index (Phi) is 2.10. The molecule has 0 saturated heterocycles. The van der Waals surface area contributed by atoms with Crippen LogP contribution in [-0.4, -0.2) is 9.97 Å². The highest BCUT2D eigenvalue weighted by molar-refractivity contribution is 5.57. The number of hydrogen-bond donors (Lipinski definition) is 1. The molecule has 0 unspecified atom stereocenters. The molecular formula is C10H7FN2O. The van der Waals surface area contributed by atoms with Gasteiger partial charge in [-0.3, -0.25) is 9.78 Å². The number of hydrogen-bond acceptors (Lipinski definition) is 2. The average Bonchev–Trinajstić information content (AvgIpc) is 2.18. The second kappa shape index (κ2) is 3.41. The number of rotatable bonds is 1. The van der Waals surface area contributed by atoms with Crippen molar-refractivity contribution in [1.29, 1.82) is 0 Å². The van der Waals surface area contributed by atoms with Crippen LogP contribution in [0.4, 0.5) is 4.39 Å². The molecule has 3 nitrogen and oxygen atoms in total. The Morgan fingerprint density at radius 2 is 2.14 bits per heavy atom. The molecule has 0 spiro atoms. The number of nitrogens with zero attached hydrogens (tertiary/aromatic N) is 1. The minimum atomic E-state index is -0.341. The van der Waals surface area contributed by atoms with Crippen LogP contribution in [0.15, 0.2) is 41.5 Å². The first-order valence-electron chi connectivity index (χ1n) is 4.06. The third-order valence-corrected chi connectivity index (χ3v) is 1.79. The van der Waals surface area contributed by atoms with E-state index in [1.54, 1.807) is 12.1 Å². The van der Waals surface area contributed by atoms with Crippen molar-refractivity contribution in [3.05, 3.63) is 52.8 Å². The van der Waals surface area contributed by atoms with Gasteiger partial charge in [0, 0.05) is 5.56 Å². The maximum absolute atomic E-state index is 12.8. The SMILES string of the molecule is O=c1cncc(-c2cccc(F)c2)[nH]1. The van der Waals surface area contributed by atoms with Gasteiger partial charge in [-0.15, -0.1) is 0 Å². The second-order valence-electron chi connectivity index (χ2n) is 2.82. The van der Waals surface area contributed by atoms with Crippen molar-refractivity contribution in [3.8, 4) is 11.3 Å². The highest BCUT2D eigenvalue weighted by Crippen LogP contribution is 2.14. The van der Waals surface area contributed by atoms with E-state index in [1.165, 1.54) is 24.5 Å². The monoisotopic (exact) mass is 190 g/mol. The maximum atomic E-state index is 12.8. The van der Waals surface area contributed by atoms with Gasteiger partial charge in [0.25, 0.3) is 5.56 Å². The summed E-state index contributed by atoms with van der Waals surface area (Å²) < 4.78 is 12.8. The van der Waals surface area contributed by atoms with Crippen LogP contribution in [0.25, 0.3) is 11.3 Å². The molecule has 0 aliphatic rings. The summed E-state index contributed by atoms with van der Waals surface area (Å²) in [4.78, 5) is 17.2. The van der Waals surface area contributed by atoms with Crippen molar-refractivity contribution in [2.75, 3.05) is 0 Å². The summed E-state index contributed by atoms with van der Waals surface area (Å²) in [5.74, 6) is -0.341. The largest absolute Gasteiger partial charge is 0.319 e. The zero-order chi connectivity index (χ0) is 9.97. The molecule has 0 fully saturated rings. The molecule has 70 valence electrons. The lowest BCUT2D eigenvalue weighted by atomic mass is 10.1. The van der Waals surface area contributed by atoms with E-state index in [0.717, 1.165) is 0 Å². The first-order valence-corrected chi connectivity index (χ1v) is 4.06. The van der Waals surface area contributed by atoms with Crippen LogP contribution in [0.2, 0.25) is 0 Å². The predicted octanol–water partition coefficient (Wildman–Crippen LogP) is 1.58. The molecule has 0 saturated carbocycles. The van der Waals surface area contributed by atoms with Gasteiger partial charge in [0.1, 0.15) is 5.82 Å². The highest BCUT2D eigenvalue weighted by atomic mass is 19.1. The topological polar surface area (TPSA) is 45.8 Å². The smallest absolute Gasteiger partial charge is 0.266 e. The van der Waals surface area contributed by atoms with Gasteiger partial charge in [0.2, 0.25) is 0 Å². The molecule has 1 aromatic carbocycles. The van der Waals surface area contributed by atoms with Gasteiger partial charge >= 0.3 is 0 Å². The van der Waals surface area contributed by atoms with Gasteiger partial charge in [-0.05, 0) is 12.1 Å². The van der Waals surface area contributed by atoms with Gasteiger partial charge in [-0.25, -0.2) is 4.39 Å². The Bertz CT molecular complexity index is 507. The normalized spacial score (nSPS) is 10.1. The molecule has 14 heavy (non-hydrogen) atoms. The fourth-order valence-corrected chi connectivity index (χ4v) is 1.18. The first kappa shape index (κ1) is 8.62. The van der Waals surface area contributed by atoms with Crippen LogP contribution in [0.3, 0.4) is 0 Å². The Morgan fingerprint density at radius 3 is 2.86 bits per heavy atom.